The van der Waals surface area contributed by atoms with E-state index in [0.717, 1.165) is 5.92 Å². The molecular formula is C33H69N. The van der Waals surface area contributed by atoms with Crippen molar-refractivity contribution < 1.29 is 0 Å². The zero-order valence-electron chi connectivity index (χ0n) is 24.8. The summed E-state index contributed by atoms with van der Waals surface area (Å²) in [6, 6.07) is 0. The first-order valence-electron chi connectivity index (χ1n) is 16.3. The SMILES string of the molecule is CCCCCCCCCCCCCCCCN(C)CCCCCCCCCCCCCC(C)C. The van der Waals surface area contributed by atoms with Crippen LogP contribution in [0.15, 0.2) is 0 Å². The van der Waals surface area contributed by atoms with E-state index in [-0.39, 0.29) is 0 Å². The Kier molecular flexibility index (Phi) is 29.2. The molecule has 1 nitrogen and oxygen atoms in total. The van der Waals surface area contributed by atoms with Gasteiger partial charge in [-0.25, -0.2) is 0 Å². The molecule has 0 amide bonds. The van der Waals surface area contributed by atoms with Crippen molar-refractivity contribution in [3.8, 4) is 0 Å². The minimum atomic E-state index is 0.892. The van der Waals surface area contributed by atoms with Crippen LogP contribution >= 0.6 is 0 Å². The van der Waals surface area contributed by atoms with Gasteiger partial charge in [0, 0.05) is 0 Å². The van der Waals surface area contributed by atoms with E-state index < -0.39 is 0 Å². The highest BCUT2D eigenvalue weighted by Crippen LogP contribution is 2.15. The lowest BCUT2D eigenvalue weighted by atomic mass is 10.0. The molecule has 0 aliphatic rings. The van der Waals surface area contributed by atoms with Gasteiger partial charge < -0.3 is 4.90 Å². The molecule has 0 aromatic heterocycles. The molecule has 0 saturated heterocycles. The van der Waals surface area contributed by atoms with Crippen LogP contribution in [0.1, 0.15) is 188 Å². The maximum absolute atomic E-state index is 2.58. The molecule has 0 spiro atoms. The monoisotopic (exact) mass is 480 g/mol. The number of unbranched alkanes of at least 4 members (excludes halogenated alkanes) is 23. The first-order chi connectivity index (χ1) is 16.7. The summed E-state index contributed by atoms with van der Waals surface area (Å²) in [5.74, 6) is 0.892. The van der Waals surface area contributed by atoms with Crippen molar-refractivity contribution in [2.24, 2.45) is 5.92 Å². The third-order valence-corrected chi connectivity index (χ3v) is 7.71. The first kappa shape index (κ1) is 34.0. The van der Waals surface area contributed by atoms with Crippen LogP contribution in [-0.4, -0.2) is 25.0 Å². The second kappa shape index (κ2) is 29.2. The molecule has 34 heavy (non-hydrogen) atoms. The molecule has 0 N–H and O–H groups in total. The van der Waals surface area contributed by atoms with Crippen LogP contribution in [0.25, 0.3) is 0 Å². The fourth-order valence-electron chi connectivity index (χ4n) is 5.21. The molecule has 0 bridgehead atoms. The average Bonchev–Trinajstić information content (AvgIpc) is 2.82. The Balaban J connectivity index is 3.14. The van der Waals surface area contributed by atoms with Crippen LogP contribution in [-0.2, 0) is 0 Å². The Morgan fingerprint density at radius 1 is 0.382 bits per heavy atom. The molecule has 206 valence electrons. The minimum Gasteiger partial charge on any atom is -0.306 e. The molecule has 0 aromatic carbocycles. The normalized spacial score (nSPS) is 11.8. The molecule has 0 aromatic rings. The van der Waals surface area contributed by atoms with E-state index >= 15 is 0 Å². The fraction of sp³-hybridized carbons (Fsp3) is 1.00. The second-order valence-corrected chi connectivity index (χ2v) is 12.0. The van der Waals surface area contributed by atoms with E-state index in [2.05, 4.69) is 32.7 Å². The molecule has 0 unspecified atom stereocenters. The van der Waals surface area contributed by atoms with Crippen LogP contribution in [0.5, 0.6) is 0 Å². The van der Waals surface area contributed by atoms with Gasteiger partial charge in [0.25, 0.3) is 0 Å². The molecule has 0 radical (unpaired) electrons. The van der Waals surface area contributed by atoms with Gasteiger partial charge in [0.15, 0.2) is 0 Å². The van der Waals surface area contributed by atoms with Crippen molar-refractivity contribution in [1.82, 2.24) is 4.90 Å². The van der Waals surface area contributed by atoms with E-state index in [1.54, 1.807) is 0 Å². The lowest BCUT2D eigenvalue weighted by molar-refractivity contribution is 0.314. The van der Waals surface area contributed by atoms with Crippen molar-refractivity contribution in [3.63, 3.8) is 0 Å². The predicted octanol–water partition coefficient (Wildman–Crippen LogP) is 11.7. The second-order valence-electron chi connectivity index (χ2n) is 12.0. The topological polar surface area (TPSA) is 3.24 Å². The van der Waals surface area contributed by atoms with E-state index in [1.807, 2.05) is 0 Å². The van der Waals surface area contributed by atoms with Gasteiger partial charge in [-0.05, 0) is 38.9 Å². The number of rotatable bonds is 29. The Hall–Kier alpha value is -0.0400. The molecule has 0 heterocycles. The van der Waals surface area contributed by atoms with Gasteiger partial charge in [-0.3, -0.25) is 0 Å². The molecule has 0 saturated carbocycles. The van der Waals surface area contributed by atoms with Crippen LogP contribution in [0.3, 0.4) is 0 Å². The maximum Gasteiger partial charge on any atom is -0.00218 e. The average molecular weight is 480 g/mol. The summed E-state index contributed by atoms with van der Waals surface area (Å²) >= 11 is 0. The molecule has 0 atom stereocenters. The first-order valence-corrected chi connectivity index (χ1v) is 16.3. The number of hydrogen-bond acceptors (Lipinski definition) is 1. The Morgan fingerprint density at radius 3 is 0.941 bits per heavy atom. The number of hydrogen-bond donors (Lipinski definition) is 0. The van der Waals surface area contributed by atoms with Crippen molar-refractivity contribution >= 4 is 0 Å². The van der Waals surface area contributed by atoms with E-state index in [4.69, 9.17) is 0 Å². The van der Waals surface area contributed by atoms with E-state index in [9.17, 15) is 0 Å². The van der Waals surface area contributed by atoms with Crippen LogP contribution in [0.4, 0.5) is 0 Å². The molecular weight excluding hydrogens is 410 g/mol. The van der Waals surface area contributed by atoms with Crippen molar-refractivity contribution in [2.75, 3.05) is 20.1 Å². The quantitative estimate of drug-likeness (QED) is 0.0964. The lowest BCUT2D eigenvalue weighted by Gasteiger charge is -2.16. The van der Waals surface area contributed by atoms with Gasteiger partial charge in [-0.1, -0.05) is 175 Å². The molecule has 1 heteroatoms. The van der Waals surface area contributed by atoms with Crippen LogP contribution in [0.2, 0.25) is 0 Å². The smallest absolute Gasteiger partial charge is 0.00218 e. The maximum atomic E-state index is 2.58. The Morgan fingerprint density at radius 2 is 0.647 bits per heavy atom. The van der Waals surface area contributed by atoms with Gasteiger partial charge in [0.1, 0.15) is 0 Å². The summed E-state index contributed by atoms with van der Waals surface area (Å²) in [5, 5.41) is 0. The highest BCUT2D eigenvalue weighted by atomic mass is 15.1. The largest absolute Gasteiger partial charge is 0.306 e. The summed E-state index contributed by atoms with van der Waals surface area (Å²) in [6.07, 6.45) is 37.9. The highest BCUT2D eigenvalue weighted by molar-refractivity contribution is 4.55. The van der Waals surface area contributed by atoms with Gasteiger partial charge in [-0.15, -0.1) is 0 Å². The standard InChI is InChI=1S/C33H69N/c1-5-6-7-8-9-10-11-12-13-16-19-22-25-28-31-34(4)32-29-26-23-20-17-14-15-18-21-24-27-30-33(2)3/h33H,5-32H2,1-4H3. The van der Waals surface area contributed by atoms with Crippen molar-refractivity contribution in [1.29, 1.82) is 0 Å². The Bertz CT molecular complexity index is 350. The van der Waals surface area contributed by atoms with Gasteiger partial charge in [0.2, 0.25) is 0 Å². The molecule has 0 rings (SSSR count). The van der Waals surface area contributed by atoms with E-state index in [0.29, 0.717) is 0 Å². The van der Waals surface area contributed by atoms with Gasteiger partial charge in [0.05, 0.1) is 0 Å². The minimum absolute atomic E-state index is 0.892. The predicted molar refractivity (Wildman–Crippen MR) is 158 cm³/mol. The summed E-state index contributed by atoms with van der Waals surface area (Å²) in [4.78, 5) is 2.58. The zero-order chi connectivity index (χ0) is 25.0. The summed E-state index contributed by atoms with van der Waals surface area (Å²) < 4.78 is 0. The zero-order valence-corrected chi connectivity index (χ0v) is 24.8. The van der Waals surface area contributed by atoms with Crippen LogP contribution in [0, 0.1) is 5.92 Å². The van der Waals surface area contributed by atoms with Crippen molar-refractivity contribution in [3.05, 3.63) is 0 Å². The Labute approximate surface area is 218 Å². The van der Waals surface area contributed by atoms with Gasteiger partial charge >= 0.3 is 0 Å². The molecule has 0 aliphatic carbocycles. The van der Waals surface area contributed by atoms with Crippen LogP contribution < -0.4 is 0 Å². The third kappa shape index (κ3) is 30.0. The van der Waals surface area contributed by atoms with Gasteiger partial charge in [-0.2, -0.15) is 0 Å². The van der Waals surface area contributed by atoms with Crippen molar-refractivity contribution in [2.45, 2.75) is 188 Å². The summed E-state index contributed by atoms with van der Waals surface area (Å²) in [5.41, 5.74) is 0. The molecule has 0 fully saturated rings. The number of nitrogens with zero attached hydrogens (tertiary/aromatic N) is 1. The fourth-order valence-corrected chi connectivity index (χ4v) is 5.21. The third-order valence-electron chi connectivity index (χ3n) is 7.71. The van der Waals surface area contributed by atoms with E-state index in [1.165, 1.54) is 180 Å². The lowest BCUT2D eigenvalue weighted by Crippen LogP contribution is -2.20. The summed E-state index contributed by atoms with van der Waals surface area (Å²) in [7, 11) is 2.34. The highest BCUT2D eigenvalue weighted by Gasteiger charge is 2.00. The molecule has 0 aliphatic heterocycles. The summed E-state index contributed by atoms with van der Waals surface area (Å²) in [6.45, 7) is 9.63.